The second kappa shape index (κ2) is 6.58. The Labute approximate surface area is 186 Å². The number of phenolic OH excluding ortho intramolecular Hbond substituents is 1. The van der Waals surface area contributed by atoms with E-state index < -0.39 is 0 Å². The van der Waals surface area contributed by atoms with Crippen LogP contribution < -0.4 is 4.74 Å². The van der Waals surface area contributed by atoms with Crippen molar-refractivity contribution >= 4 is 47.3 Å². The SMILES string of the molecule is CCOc1cc(C2c3sc(=S)[nH]c3SC3C4CC(C5C(=O)OC(=O)C45)C23)ccc1O. The first-order valence-corrected chi connectivity index (χ1v) is 12.2. The van der Waals surface area contributed by atoms with Crippen LogP contribution in [0.25, 0.3) is 0 Å². The van der Waals surface area contributed by atoms with Gasteiger partial charge in [0, 0.05) is 16.0 Å². The van der Waals surface area contributed by atoms with Gasteiger partial charge >= 0.3 is 11.9 Å². The number of cyclic esters (lactones) is 2. The molecule has 3 fully saturated rings. The highest BCUT2D eigenvalue weighted by molar-refractivity contribution is 8.00. The summed E-state index contributed by atoms with van der Waals surface area (Å²) in [5, 5.41) is 11.5. The van der Waals surface area contributed by atoms with Crippen molar-refractivity contribution in [1.29, 1.82) is 0 Å². The number of thioether (sulfide) groups is 1. The minimum atomic E-state index is -0.354. The molecule has 2 aromatic rings. The van der Waals surface area contributed by atoms with Crippen LogP contribution in [-0.4, -0.2) is 33.9 Å². The minimum absolute atomic E-state index is 0.0310. The number of hydrogen-bond acceptors (Lipinski definition) is 8. The molecule has 4 aliphatic rings. The molecule has 6 rings (SSSR count). The van der Waals surface area contributed by atoms with Crippen molar-refractivity contribution in [2.45, 2.75) is 29.5 Å². The van der Waals surface area contributed by atoms with Crippen LogP contribution in [0.1, 0.15) is 29.7 Å². The third-order valence-corrected chi connectivity index (χ3v) is 10.0. The second-order valence-corrected chi connectivity index (χ2v) is 11.3. The quantitative estimate of drug-likeness (QED) is 0.404. The van der Waals surface area contributed by atoms with Crippen molar-refractivity contribution in [2.75, 3.05) is 6.61 Å². The first kappa shape index (κ1) is 18.9. The summed E-state index contributed by atoms with van der Waals surface area (Å²) in [5.74, 6) is -0.291. The Bertz CT molecular complexity index is 1140. The number of carbonyl (C=O) groups is 2. The average Bonchev–Trinajstić information content (AvgIpc) is 3.43. The van der Waals surface area contributed by atoms with Crippen molar-refractivity contribution in [3.8, 4) is 11.5 Å². The third kappa shape index (κ3) is 2.45. The predicted octanol–water partition coefficient (Wildman–Crippen LogP) is 4.10. The molecule has 0 radical (unpaired) electrons. The fraction of sp³-hybridized carbons (Fsp3) is 0.476. The molecule has 2 aliphatic carbocycles. The van der Waals surface area contributed by atoms with E-state index in [2.05, 4.69) is 4.98 Å². The largest absolute Gasteiger partial charge is 0.504 e. The summed E-state index contributed by atoms with van der Waals surface area (Å²) in [6, 6.07) is 5.51. The molecule has 3 heterocycles. The maximum atomic E-state index is 12.5. The van der Waals surface area contributed by atoms with E-state index in [1.807, 2.05) is 19.1 Å². The Morgan fingerprint density at radius 2 is 2.03 bits per heavy atom. The Morgan fingerprint density at radius 3 is 2.80 bits per heavy atom. The highest BCUT2D eigenvalue weighted by Crippen LogP contribution is 2.68. The van der Waals surface area contributed by atoms with E-state index in [-0.39, 0.29) is 58.4 Å². The smallest absolute Gasteiger partial charge is 0.317 e. The van der Waals surface area contributed by atoms with E-state index in [1.165, 1.54) is 4.88 Å². The molecule has 7 unspecified atom stereocenters. The lowest BCUT2D eigenvalue weighted by molar-refractivity contribution is -0.154. The first-order valence-electron chi connectivity index (χ1n) is 10.1. The summed E-state index contributed by atoms with van der Waals surface area (Å²) >= 11 is 8.79. The molecular weight excluding hydrogens is 442 g/mol. The van der Waals surface area contributed by atoms with Crippen LogP contribution in [0, 0.1) is 33.5 Å². The molecule has 2 N–H and O–H groups in total. The molecule has 1 aromatic carbocycles. The molecule has 2 saturated carbocycles. The molecular formula is C21H19NO5S3. The number of rotatable bonds is 3. The second-order valence-electron chi connectivity index (χ2n) is 8.36. The summed E-state index contributed by atoms with van der Waals surface area (Å²) in [7, 11) is 0. The fourth-order valence-electron chi connectivity index (χ4n) is 6.18. The average molecular weight is 462 g/mol. The monoisotopic (exact) mass is 461 g/mol. The number of carbonyl (C=O) groups excluding carboxylic acids is 2. The van der Waals surface area contributed by atoms with E-state index >= 15 is 0 Å². The van der Waals surface area contributed by atoms with Gasteiger partial charge in [-0.05, 0) is 61.0 Å². The van der Waals surface area contributed by atoms with Gasteiger partial charge in [0.1, 0.15) is 0 Å². The van der Waals surface area contributed by atoms with Gasteiger partial charge in [-0.15, -0.1) is 23.1 Å². The van der Waals surface area contributed by atoms with Crippen molar-refractivity contribution in [3.63, 3.8) is 0 Å². The lowest BCUT2D eigenvalue weighted by atomic mass is 9.68. The van der Waals surface area contributed by atoms with E-state index in [4.69, 9.17) is 21.7 Å². The van der Waals surface area contributed by atoms with Crippen LogP contribution in [0.3, 0.4) is 0 Å². The number of phenols is 1. The molecule has 7 atom stereocenters. The molecule has 1 saturated heterocycles. The zero-order chi connectivity index (χ0) is 20.7. The topological polar surface area (TPSA) is 88.6 Å². The van der Waals surface area contributed by atoms with Gasteiger partial charge in [-0.3, -0.25) is 9.59 Å². The molecule has 0 spiro atoms. The Balaban J connectivity index is 1.50. The molecule has 2 aliphatic heterocycles. The number of H-pyrrole nitrogens is 1. The highest BCUT2D eigenvalue weighted by atomic mass is 32.2. The maximum Gasteiger partial charge on any atom is 0.317 e. The van der Waals surface area contributed by atoms with Crippen LogP contribution in [0.5, 0.6) is 11.5 Å². The maximum absolute atomic E-state index is 12.5. The molecule has 30 heavy (non-hydrogen) atoms. The summed E-state index contributed by atoms with van der Waals surface area (Å²) in [5.41, 5.74) is 1.04. The Kier molecular flexibility index (Phi) is 4.14. The Morgan fingerprint density at radius 1 is 1.27 bits per heavy atom. The van der Waals surface area contributed by atoms with Gasteiger partial charge in [0.25, 0.3) is 0 Å². The number of fused-ring (bicyclic) bond motifs is 9. The first-order chi connectivity index (χ1) is 14.5. The predicted molar refractivity (Wildman–Crippen MR) is 113 cm³/mol. The lowest BCUT2D eigenvalue weighted by Gasteiger charge is -2.42. The van der Waals surface area contributed by atoms with Crippen LogP contribution in [0.2, 0.25) is 0 Å². The minimum Gasteiger partial charge on any atom is -0.504 e. The van der Waals surface area contributed by atoms with E-state index in [9.17, 15) is 14.7 Å². The van der Waals surface area contributed by atoms with Gasteiger partial charge < -0.3 is 19.6 Å². The molecule has 156 valence electrons. The zero-order valence-corrected chi connectivity index (χ0v) is 18.4. The summed E-state index contributed by atoms with van der Waals surface area (Å²) in [6.45, 7) is 2.34. The number of hydrogen-bond donors (Lipinski definition) is 2. The standard InChI is InChI=1S/C21H19NO5S3/c1-2-26-11-5-7(3-4-10(11)23)12-13-8-6-9(15-14(8)19(24)27-20(15)25)16(13)29-18-17(12)30-21(28)22-18/h3-5,8-9,12-16,23H,2,6H2,1H3,(H,22,28). The van der Waals surface area contributed by atoms with Crippen LogP contribution in [0.15, 0.2) is 23.2 Å². The Hall–Kier alpha value is -1.84. The fourth-order valence-corrected chi connectivity index (χ4v) is 9.52. The van der Waals surface area contributed by atoms with Gasteiger partial charge in [0.2, 0.25) is 0 Å². The van der Waals surface area contributed by atoms with E-state index in [1.54, 1.807) is 29.2 Å². The number of benzene rings is 1. The number of nitrogens with one attached hydrogen (secondary N) is 1. The molecule has 1 aromatic heterocycles. The number of aromatic amines is 1. The number of esters is 2. The summed E-state index contributed by atoms with van der Waals surface area (Å²) in [4.78, 5) is 29.4. The van der Waals surface area contributed by atoms with Crippen molar-refractivity contribution in [3.05, 3.63) is 32.6 Å². The van der Waals surface area contributed by atoms with E-state index in [0.29, 0.717) is 12.4 Å². The number of aromatic nitrogens is 1. The van der Waals surface area contributed by atoms with E-state index in [0.717, 1.165) is 21.0 Å². The molecule has 2 bridgehead atoms. The normalized spacial score (nSPS) is 35.7. The van der Waals surface area contributed by atoms with Crippen LogP contribution in [-0.2, 0) is 14.3 Å². The van der Waals surface area contributed by atoms with Crippen LogP contribution in [0.4, 0.5) is 0 Å². The van der Waals surface area contributed by atoms with Gasteiger partial charge in [-0.1, -0.05) is 6.07 Å². The van der Waals surface area contributed by atoms with Gasteiger partial charge in [-0.2, -0.15) is 0 Å². The van der Waals surface area contributed by atoms with Gasteiger partial charge in [0.15, 0.2) is 15.5 Å². The third-order valence-electron chi connectivity index (χ3n) is 7.10. The number of ether oxygens (including phenoxy) is 2. The van der Waals surface area contributed by atoms with Crippen molar-refractivity contribution < 1.29 is 24.2 Å². The molecule has 9 heteroatoms. The molecule has 0 amide bonds. The van der Waals surface area contributed by atoms with Crippen molar-refractivity contribution in [1.82, 2.24) is 4.98 Å². The van der Waals surface area contributed by atoms with Gasteiger partial charge in [0.05, 0.1) is 23.5 Å². The molecule has 6 nitrogen and oxygen atoms in total. The zero-order valence-electron chi connectivity index (χ0n) is 16.0. The summed E-state index contributed by atoms with van der Waals surface area (Å²) < 4.78 is 11.4. The summed E-state index contributed by atoms with van der Waals surface area (Å²) in [6.07, 6.45) is 0.876. The highest BCUT2D eigenvalue weighted by Gasteiger charge is 2.69. The number of aromatic hydroxyl groups is 1. The van der Waals surface area contributed by atoms with Crippen LogP contribution >= 0.6 is 35.3 Å². The van der Waals surface area contributed by atoms with Crippen molar-refractivity contribution in [2.24, 2.45) is 29.6 Å². The lowest BCUT2D eigenvalue weighted by Crippen LogP contribution is -2.42. The van der Waals surface area contributed by atoms with Gasteiger partial charge in [-0.25, -0.2) is 0 Å². The number of thiazole rings is 1.